The number of nitrogens with two attached hydrogens (primary N) is 1. The second-order valence-electron chi connectivity index (χ2n) is 4.63. The summed E-state index contributed by atoms with van der Waals surface area (Å²) < 4.78 is 10.9. The predicted octanol–water partition coefficient (Wildman–Crippen LogP) is 3.01. The Bertz CT molecular complexity index is 678. The average Bonchev–Trinajstić information content (AvgIpc) is 2.53. The van der Waals surface area contributed by atoms with Crippen LogP contribution in [-0.4, -0.2) is 19.6 Å². The van der Waals surface area contributed by atoms with E-state index in [1.807, 2.05) is 55.5 Å². The zero-order valence-electron chi connectivity index (χ0n) is 12.7. The highest BCUT2D eigenvalue weighted by atomic mass is 16.5. The van der Waals surface area contributed by atoms with E-state index >= 15 is 0 Å². The number of benzene rings is 2. The van der Waals surface area contributed by atoms with Gasteiger partial charge in [0, 0.05) is 6.08 Å². The SMILES string of the molecule is CCOc1cc(/C(=C/C(N)=O)c2ccccc2)ccc1OC. The van der Waals surface area contributed by atoms with Crippen LogP contribution in [-0.2, 0) is 4.79 Å². The first kappa shape index (κ1) is 15.6. The number of amides is 1. The molecular formula is C18H19NO3. The van der Waals surface area contributed by atoms with Gasteiger partial charge in [-0.3, -0.25) is 4.79 Å². The smallest absolute Gasteiger partial charge is 0.242 e. The molecule has 2 rings (SSSR count). The molecule has 0 aliphatic rings. The standard InChI is InChI=1S/C18H19NO3/c1-3-22-17-11-14(9-10-16(17)21-2)15(12-18(19)20)13-7-5-4-6-8-13/h4-12H,3H2,1-2H3,(H2,19,20)/b15-12+. The van der Waals surface area contributed by atoms with Gasteiger partial charge in [0.05, 0.1) is 13.7 Å². The molecular weight excluding hydrogens is 278 g/mol. The second kappa shape index (κ2) is 7.31. The number of hydrogen-bond donors (Lipinski definition) is 1. The number of primary amides is 1. The molecule has 0 spiro atoms. The second-order valence-corrected chi connectivity index (χ2v) is 4.63. The molecule has 2 N–H and O–H groups in total. The molecule has 4 heteroatoms. The minimum Gasteiger partial charge on any atom is -0.493 e. The van der Waals surface area contributed by atoms with Crippen LogP contribution in [0.2, 0.25) is 0 Å². The van der Waals surface area contributed by atoms with E-state index in [1.165, 1.54) is 6.08 Å². The maximum Gasteiger partial charge on any atom is 0.242 e. The highest BCUT2D eigenvalue weighted by molar-refractivity contribution is 5.98. The van der Waals surface area contributed by atoms with Crippen LogP contribution < -0.4 is 15.2 Å². The van der Waals surface area contributed by atoms with E-state index in [2.05, 4.69) is 0 Å². The lowest BCUT2D eigenvalue weighted by molar-refractivity contribution is -0.113. The summed E-state index contributed by atoms with van der Waals surface area (Å²) >= 11 is 0. The van der Waals surface area contributed by atoms with Crippen LogP contribution in [0.15, 0.2) is 54.6 Å². The van der Waals surface area contributed by atoms with Crippen molar-refractivity contribution in [3.8, 4) is 11.5 Å². The molecule has 0 saturated carbocycles. The lowest BCUT2D eigenvalue weighted by Crippen LogP contribution is -2.07. The summed E-state index contributed by atoms with van der Waals surface area (Å²) in [5, 5.41) is 0. The maximum atomic E-state index is 11.4. The molecule has 114 valence electrons. The minimum absolute atomic E-state index is 0.493. The highest BCUT2D eigenvalue weighted by Gasteiger charge is 2.11. The molecule has 0 aromatic heterocycles. The third-order valence-electron chi connectivity index (χ3n) is 3.15. The first-order valence-corrected chi connectivity index (χ1v) is 7.03. The van der Waals surface area contributed by atoms with E-state index in [-0.39, 0.29) is 0 Å². The van der Waals surface area contributed by atoms with E-state index in [9.17, 15) is 4.79 Å². The molecule has 0 aliphatic heterocycles. The van der Waals surface area contributed by atoms with E-state index < -0.39 is 5.91 Å². The van der Waals surface area contributed by atoms with Crippen molar-refractivity contribution in [3.05, 3.63) is 65.7 Å². The zero-order chi connectivity index (χ0) is 15.9. The molecule has 0 atom stereocenters. The summed E-state index contributed by atoms with van der Waals surface area (Å²) in [6.07, 6.45) is 1.42. The normalized spacial score (nSPS) is 11.1. The fraction of sp³-hybridized carbons (Fsp3) is 0.167. The summed E-state index contributed by atoms with van der Waals surface area (Å²) in [5.41, 5.74) is 7.85. The van der Waals surface area contributed by atoms with Crippen LogP contribution in [0, 0.1) is 0 Å². The first-order valence-electron chi connectivity index (χ1n) is 7.03. The van der Waals surface area contributed by atoms with Gasteiger partial charge in [0.1, 0.15) is 0 Å². The quantitative estimate of drug-likeness (QED) is 0.834. The van der Waals surface area contributed by atoms with Gasteiger partial charge in [-0.05, 0) is 35.8 Å². The average molecular weight is 297 g/mol. The largest absolute Gasteiger partial charge is 0.493 e. The van der Waals surface area contributed by atoms with Crippen LogP contribution in [0.5, 0.6) is 11.5 Å². The van der Waals surface area contributed by atoms with Gasteiger partial charge < -0.3 is 15.2 Å². The summed E-state index contributed by atoms with van der Waals surface area (Å²) in [4.78, 5) is 11.4. The van der Waals surface area contributed by atoms with Crippen LogP contribution in [0.4, 0.5) is 0 Å². The number of ether oxygens (including phenoxy) is 2. The molecule has 0 saturated heterocycles. The Morgan fingerprint density at radius 3 is 2.41 bits per heavy atom. The lowest BCUT2D eigenvalue weighted by Gasteiger charge is -2.13. The van der Waals surface area contributed by atoms with Crippen molar-refractivity contribution in [2.75, 3.05) is 13.7 Å². The third kappa shape index (κ3) is 3.67. The van der Waals surface area contributed by atoms with Gasteiger partial charge >= 0.3 is 0 Å². The lowest BCUT2D eigenvalue weighted by atomic mass is 9.97. The van der Waals surface area contributed by atoms with Gasteiger partial charge in [0.25, 0.3) is 0 Å². The van der Waals surface area contributed by atoms with Crippen molar-refractivity contribution in [2.45, 2.75) is 6.92 Å². The molecule has 0 radical (unpaired) electrons. The number of rotatable bonds is 6. The Balaban J connectivity index is 2.53. The monoisotopic (exact) mass is 297 g/mol. The maximum absolute atomic E-state index is 11.4. The molecule has 22 heavy (non-hydrogen) atoms. The van der Waals surface area contributed by atoms with Crippen molar-refractivity contribution >= 4 is 11.5 Å². The van der Waals surface area contributed by atoms with Gasteiger partial charge in [-0.2, -0.15) is 0 Å². The van der Waals surface area contributed by atoms with Crippen molar-refractivity contribution in [1.82, 2.24) is 0 Å². The number of carbonyl (C=O) groups is 1. The molecule has 0 unspecified atom stereocenters. The Morgan fingerprint density at radius 1 is 1.09 bits per heavy atom. The van der Waals surface area contributed by atoms with Gasteiger partial charge in [-0.25, -0.2) is 0 Å². The van der Waals surface area contributed by atoms with Crippen LogP contribution in [0.1, 0.15) is 18.1 Å². The predicted molar refractivity (Wildman–Crippen MR) is 86.9 cm³/mol. The summed E-state index contributed by atoms with van der Waals surface area (Å²) in [6, 6.07) is 15.2. The molecule has 4 nitrogen and oxygen atoms in total. The van der Waals surface area contributed by atoms with E-state index in [0.29, 0.717) is 18.1 Å². The molecule has 2 aromatic rings. The third-order valence-corrected chi connectivity index (χ3v) is 3.15. The number of methoxy groups -OCH3 is 1. The molecule has 0 heterocycles. The zero-order valence-corrected chi connectivity index (χ0v) is 12.7. The minimum atomic E-state index is -0.493. The Labute approximate surface area is 130 Å². The van der Waals surface area contributed by atoms with Crippen molar-refractivity contribution in [3.63, 3.8) is 0 Å². The van der Waals surface area contributed by atoms with Gasteiger partial charge in [0.15, 0.2) is 11.5 Å². The van der Waals surface area contributed by atoms with Crippen LogP contribution in [0.3, 0.4) is 0 Å². The fourth-order valence-electron chi connectivity index (χ4n) is 2.21. The number of carbonyl (C=O) groups excluding carboxylic acids is 1. The summed E-state index contributed by atoms with van der Waals surface area (Å²) in [6.45, 7) is 2.43. The fourth-order valence-corrected chi connectivity index (χ4v) is 2.21. The highest BCUT2D eigenvalue weighted by Crippen LogP contribution is 2.33. The van der Waals surface area contributed by atoms with Crippen molar-refractivity contribution in [2.24, 2.45) is 5.73 Å². The van der Waals surface area contributed by atoms with Gasteiger partial charge in [-0.15, -0.1) is 0 Å². The van der Waals surface area contributed by atoms with E-state index in [0.717, 1.165) is 16.7 Å². The van der Waals surface area contributed by atoms with Crippen LogP contribution in [0.25, 0.3) is 5.57 Å². The Hall–Kier alpha value is -2.75. The van der Waals surface area contributed by atoms with E-state index in [1.54, 1.807) is 7.11 Å². The van der Waals surface area contributed by atoms with E-state index in [4.69, 9.17) is 15.2 Å². The van der Waals surface area contributed by atoms with Crippen LogP contribution >= 0.6 is 0 Å². The summed E-state index contributed by atoms with van der Waals surface area (Å²) in [5.74, 6) is 0.790. The molecule has 0 aliphatic carbocycles. The molecule has 0 bridgehead atoms. The Morgan fingerprint density at radius 2 is 1.82 bits per heavy atom. The first-order chi connectivity index (χ1) is 10.7. The molecule has 0 fully saturated rings. The molecule has 2 aromatic carbocycles. The van der Waals surface area contributed by atoms with Gasteiger partial charge in [-0.1, -0.05) is 36.4 Å². The Kier molecular flexibility index (Phi) is 5.20. The van der Waals surface area contributed by atoms with Gasteiger partial charge in [0.2, 0.25) is 5.91 Å². The van der Waals surface area contributed by atoms with Crippen molar-refractivity contribution < 1.29 is 14.3 Å². The summed E-state index contributed by atoms with van der Waals surface area (Å²) in [7, 11) is 1.59. The molecule has 1 amide bonds. The topological polar surface area (TPSA) is 61.5 Å². The van der Waals surface area contributed by atoms with Crippen molar-refractivity contribution in [1.29, 1.82) is 0 Å². The number of hydrogen-bond acceptors (Lipinski definition) is 3.